The maximum atomic E-state index is 12.3. The van der Waals surface area contributed by atoms with Gasteiger partial charge in [-0.15, -0.1) is 0 Å². The molecular weight excluding hydrogens is 230 g/mol. The van der Waals surface area contributed by atoms with E-state index in [9.17, 15) is 4.79 Å². The molecule has 4 heteroatoms. The monoisotopic (exact) mass is 257 g/mol. The molecule has 1 rings (SSSR count). The molecule has 2 N–H and O–H groups in total. The number of carbonyl (C=O) groups excluding carboxylic acids is 1. The van der Waals surface area contributed by atoms with Crippen LogP contribution in [0.2, 0.25) is 0 Å². The van der Waals surface area contributed by atoms with E-state index in [1.807, 2.05) is 48.5 Å². The Bertz CT molecular complexity index is 323. The van der Waals surface area contributed by atoms with Crippen LogP contribution in [0, 0.1) is 0 Å². The highest BCUT2D eigenvalue weighted by Crippen LogP contribution is 2.40. The van der Waals surface area contributed by atoms with Crippen LogP contribution in [0.1, 0.15) is 61.3 Å². The van der Waals surface area contributed by atoms with Crippen molar-refractivity contribution in [2.75, 3.05) is 0 Å². The SMILES string of the molecule is CC(C)(C)OC(=O)C1(N)CC(C)(C)OC(C)(C)C1. The Labute approximate surface area is 110 Å². The standard InChI is InChI=1S/C14H27NO3/c1-11(2,3)17-10(16)14(15)8-12(4,5)18-13(6,7)9-14/h8-9,15H2,1-7H3. The number of nitrogens with two attached hydrogens (primary N) is 1. The quantitative estimate of drug-likeness (QED) is 0.733. The summed E-state index contributed by atoms with van der Waals surface area (Å²) in [4.78, 5) is 12.3. The zero-order valence-corrected chi connectivity index (χ0v) is 12.7. The third-order valence-electron chi connectivity index (χ3n) is 2.84. The predicted octanol–water partition coefficient (Wildman–Crippen LogP) is 2.39. The summed E-state index contributed by atoms with van der Waals surface area (Å²) in [7, 11) is 0. The summed E-state index contributed by atoms with van der Waals surface area (Å²) >= 11 is 0. The number of rotatable bonds is 1. The summed E-state index contributed by atoms with van der Waals surface area (Å²) < 4.78 is 11.4. The van der Waals surface area contributed by atoms with E-state index in [-0.39, 0.29) is 5.97 Å². The molecule has 106 valence electrons. The fourth-order valence-corrected chi connectivity index (χ4v) is 2.93. The minimum absolute atomic E-state index is 0.334. The molecule has 1 fully saturated rings. The van der Waals surface area contributed by atoms with Crippen LogP contribution >= 0.6 is 0 Å². The molecule has 4 nitrogen and oxygen atoms in total. The van der Waals surface area contributed by atoms with Gasteiger partial charge in [-0.05, 0) is 48.5 Å². The van der Waals surface area contributed by atoms with Gasteiger partial charge in [-0.3, -0.25) is 4.79 Å². The molecule has 0 unspecified atom stereocenters. The van der Waals surface area contributed by atoms with E-state index >= 15 is 0 Å². The second kappa shape index (κ2) is 4.20. The van der Waals surface area contributed by atoms with E-state index < -0.39 is 22.3 Å². The molecule has 0 aliphatic carbocycles. The molecule has 0 aromatic carbocycles. The van der Waals surface area contributed by atoms with Crippen LogP contribution in [-0.2, 0) is 14.3 Å². The molecule has 0 aromatic rings. The molecule has 0 bridgehead atoms. The highest BCUT2D eigenvalue weighted by Gasteiger charge is 2.51. The topological polar surface area (TPSA) is 61.5 Å². The molecule has 0 amide bonds. The first-order valence-electron chi connectivity index (χ1n) is 6.47. The Hall–Kier alpha value is -0.610. The summed E-state index contributed by atoms with van der Waals surface area (Å²) in [6, 6.07) is 0. The van der Waals surface area contributed by atoms with Gasteiger partial charge in [0, 0.05) is 12.8 Å². The lowest BCUT2D eigenvalue weighted by atomic mass is 9.75. The lowest BCUT2D eigenvalue weighted by molar-refractivity contribution is -0.199. The third-order valence-corrected chi connectivity index (χ3v) is 2.84. The van der Waals surface area contributed by atoms with Crippen LogP contribution in [0.15, 0.2) is 0 Å². The third kappa shape index (κ3) is 3.95. The van der Waals surface area contributed by atoms with E-state index in [0.29, 0.717) is 12.8 Å². The molecular formula is C14H27NO3. The second-order valence-corrected chi connectivity index (χ2v) is 7.63. The molecule has 0 aromatic heterocycles. The van der Waals surface area contributed by atoms with Crippen LogP contribution in [-0.4, -0.2) is 28.3 Å². The number of esters is 1. The fraction of sp³-hybridized carbons (Fsp3) is 0.929. The van der Waals surface area contributed by atoms with Crippen molar-refractivity contribution in [2.45, 2.75) is 83.6 Å². The smallest absolute Gasteiger partial charge is 0.326 e. The minimum atomic E-state index is -0.974. The van der Waals surface area contributed by atoms with Crippen molar-refractivity contribution in [1.29, 1.82) is 0 Å². The number of hydrogen-bond acceptors (Lipinski definition) is 4. The first-order chi connectivity index (χ1) is 7.75. The highest BCUT2D eigenvalue weighted by atomic mass is 16.6. The van der Waals surface area contributed by atoms with Crippen molar-refractivity contribution >= 4 is 5.97 Å². The lowest BCUT2D eigenvalue weighted by Gasteiger charge is -2.49. The average molecular weight is 257 g/mol. The Kier molecular flexibility index (Phi) is 3.61. The summed E-state index contributed by atoms with van der Waals surface area (Å²) in [5.74, 6) is -0.334. The average Bonchev–Trinajstić information content (AvgIpc) is 1.91. The zero-order valence-electron chi connectivity index (χ0n) is 12.7. The largest absolute Gasteiger partial charge is 0.459 e. The Morgan fingerprint density at radius 3 is 1.83 bits per heavy atom. The van der Waals surface area contributed by atoms with Crippen molar-refractivity contribution in [3.8, 4) is 0 Å². The van der Waals surface area contributed by atoms with Crippen molar-refractivity contribution < 1.29 is 14.3 Å². The Morgan fingerprint density at radius 2 is 1.50 bits per heavy atom. The van der Waals surface area contributed by atoms with E-state index in [1.54, 1.807) is 0 Å². The predicted molar refractivity (Wildman–Crippen MR) is 71.2 cm³/mol. The highest BCUT2D eigenvalue weighted by molar-refractivity contribution is 5.81. The summed E-state index contributed by atoms with van der Waals surface area (Å²) in [5, 5.41) is 0. The number of hydrogen-bond donors (Lipinski definition) is 1. The van der Waals surface area contributed by atoms with Gasteiger partial charge in [-0.1, -0.05) is 0 Å². The van der Waals surface area contributed by atoms with Gasteiger partial charge in [0.05, 0.1) is 11.2 Å². The first kappa shape index (κ1) is 15.4. The summed E-state index contributed by atoms with van der Waals surface area (Å²) in [5.41, 5.74) is 3.97. The van der Waals surface area contributed by atoms with E-state index in [1.165, 1.54) is 0 Å². The van der Waals surface area contributed by atoms with Crippen LogP contribution in [0.3, 0.4) is 0 Å². The van der Waals surface area contributed by atoms with Crippen LogP contribution < -0.4 is 5.73 Å². The minimum Gasteiger partial charge on any atom is -0.459 e. The van der Waals surface area contributed by atoms with E-state index in [2.05, 4.69) is 0 Å². The fourth-order valence-electron chi connectivity index (χ4n) is 2.93. The maximum absolute atomic E-state index is 12.3. The van der Waals surface area contributed by atoms with Crippen molar-refractivity contribution in [1.82, 2.24) is 0 Å². The molecule has 18 heavy (non-hydrogen) atoms. The second-order valence-electron chi connectivity index (χ2n) is 7.63. The Morgan fingerprint density at radius 1 is 1.11 bits per heavy atom. The van der Waals surface area contributed by atoms with Crippen LogP contribution in [0.25, 0.3) is 0 Å². The van der Waals surface area contributed by atoms with E-state index in [0.717, 1.165) is 0 Å². The number of carbonyl (C=O) groups is 1. The van der Waals surface area contributed by atoms with Gasteiger partial charge in [0.15, 0.2) is 0 Å². The lowest BCUT2D eigenvalue weighted by Crippen LogP contribution is -2.63. The van der Waals surface area contributed by atoms with Crippen LogP contribution in [0.5, 0.6) is 0 Å². The van der Waals surface area contributed by atoms with Gasteiger partial charge in [-0.2, -0.15) is 0 Å². The van der Waals surface area contributed by atoms with Gasteiger partial charge in [-0.25, -0.2) is 0 Å². The van der Waals surface area contributed by atoms with E-state index in [4.69, 9.17) is 15.2 Å². The maximum Gasteiger partial charge on any atom is 0.326 e. The molecule has 1 aliphatic heterocycles. The molecule has 0 atom stereocenters. The zero-order chi connectivity index (χ0) is 14.4. The summed E-state index contributed by atoms with van der Waals surface area (Å²) in [6.07, 6.45) is 0.941. The van der Waals surface area contributed by atoms with Crippen LogP contribution in [0.4, 0.5) is 0 Å². The van der Waals surface area contributed by atoms with Gasteiger partial charge < -0.3 is 15.2 Å². The molecule has 1 saturated heterocycles. The van der Waals surface area contributed by atoms with Gasteiger partial charge in [0.1, 0.15) is 11.1 Å². The van der Waals surface area contributed by atoms with Crippen molar-refractivity contribution in [2.24, 2.45) is 5.73 Å². The normalized spacial score (nSPS) is 25.6. The van der Waals surface area contributed by atoms with Gasteiger partial charge in [0.2, 0.25) is 0 Å². The molecule has 1 heterocycles. The van der Waals surface area contributed by atoms with Crippen molar-refractivity contribution in [3.63, 3.8) is 0 Å². The molecule has 0 radical (unpaired) electrons. The van der Waals surface area contributed by atoms with Crippen molar-refractivity contribution in [3.05, 3.63) is 0 Å². The summed E-state index contributed by atoms with van der Waals surface area (Å²) in [6.45, 7) is 13.4. The Balaban J connectivity index is 2.94. The number of ether oxygens (including phenoxy) is 2. The molecule has 0 spiro atoms. The van der Waals surface area contributed by atoms with Gasteiger partial charge >= 0.3 is 5.97 Å². The molecule has 1 aliphatic rings. The molecule has 0 saturated carbocycles. The van der Waals surface area contributed by atoms with Gasteiger partial charge in [0.25, 0.3) is 0 Å². The first-order valence-corrected chi connectivity index (χ1v) is 6.47.